The highest BCUT2D eigenvalue weighted by molar-refractivity contribution is 9.10. The van der Waals surface area contributed by atoms with E-state index < -0.39 is 11.9 Å². The van der Waals surface area contributed by atoms with Gasteiger partial charge in [0.05, 0.1) is 24.1 Å². The number of likely N-dealkylation sites (tertiary alicyclic amines) is 1. The fraction of sp³-hybridized carbons (Fsp3) is 0.500. The molecule has 6 nitrogen and oxygen atoms in total. The van der Waals surface area contributed by atoms with Gasteiger partial charge < -0.3 is 19.5 Å². The number of carbonyl (C=O) groups excluding carboxylic acids is 1. The Bertz CT molecular complexity index is 604. The van der Waals surface area contributed by atoms with Crippen LogP contribution >= 0.6 is 15.9 Å². The molecule has 1 atom stereocenters. The van der Waals surface area contributed by atoms with Gasteiger partial charge in [0.15, 0.2) is 11.5 Å². The molecule has 1 aliphatic rings. The number of aliphatic carboxylic acids is 1. The lowest BCUT2D eigenvalue weighted by Crippen LogP contribution is -2.42. The Morgan fingerprint density at radius 2 is 2.17 bits per heavy atom. The van der Waals surface area contributed by atoms with Crippen molar-refractivity contribution in [1.29, 1.82) is 0 Å². The minimum absolute atomic E-state index is 0.196. The number of methoxy groups -OCH3 is 1. The van der Waals surface area contributed by atoms with Gasteiger partial charge in [-0.3, -0.25) is 9.59 Å². The number of carbonyl (C=O) groups is 2. The monoisotopic (exact) mass is 385 g/mol. The molecule has 1 heterocycles. The van der Waals surface area contributed by atoms with E-state index in [4.69, 9.17) is 14.6 Å². The first kappa shape index (κ1) is 17.6. The van der Waals surface area contributed by atoms with E-state index in [1.54, 1.807) is 17.0 Å². The standard InChI is InChI=1S/C16H20BrNO5/c1-3-23-14-12(17)7-11(8-13(14)22-2)15(19)18-6-4-5-10(9-18)16(20)21/h7-8,10H,3-6,9H2,1-2H3,(H,20,21). The van der Waals surface area contributed by atoms with E-state index in [2.05, 4.69) is 15.9 Å². The number of benzene rings is 1. The molecule has 0 spiro atoms. The van der Waals surface area contributed by atoms with Gasteiger partial charge in [-0.05, 0) is 47.8 Å². The van der Waals surface area contributed by atoms with Crippen molar-refractivity contribution < 1.29 is 24.2 Å². The number of halogens is 1. The summed E-state index contributed by atoms with van der Waals surface area (Å²) in [6.07, 6.45) is 1.30. The molecule has 2 rings (SSSR count). The first-order valence-electron chi connectivity index (χ1n) is 7.50. The Labute approximate surface area is 143 Å². The Balaban J connectivity index is 2.25. The van der Waals surface area contributed by atoms with Crippen molar-refractivity contribution in [2.45, 2.75) is 19.8 Å². The van der Waals surface area contributed by atoms with E-state index in [1.807, 2.05) is 6.92 Å². The lowest BCUT2D eigenvalue weighted by Gasteiger charge is -2.31. The number of rotatable bonds is 5. The molecule has 1 N–H and O–H groups in total. The predicted molar refractivity (Wildman–Crippen MR) is 88.1 cm³/mol. The highest BCUT2D eigenvalue weighted by Gasteiger charge is 2.29. The van der Waals surface area contributed by atoms with Crippen molar-refractivity contribution in [3.63, 3.8) is 0 Å². The summed E-state index contributed by atoms with van der Waals surface area (Å²) in [6.45, 7) is 3.15. The highest BCUT2D eigenvalue weighted by atomic mass is 79.9. The predicted octanol–water partition coefficient (Wildman–Crippen LogP) is 2.79. The molecule has 1 aromatic rings. The fourth-order valence-corrected chi connectivity index (χ4v) is 3.23. The topological polar surface area (TPSA) is 76.1 Å². The van der Waals surface area contributed by atoms with Crippen LogP contribution in [0.15, 0.2) is 16.6 Å². The van der Waals surface area contributed by atoms with Crippen LogP contribution in [-0.4, -0.2) is 48.7 Å². The molecule has 0 saturated carbocycles. The first-order valence-corrected chi connectivity index (χ1v) is 8.29. The minimum atomic E-state index is -0.854. The van der Waals surface area contributed by atoms with E-state index in [0.29, 0.717) is 47.5 Å². The Morgan fingerprint density at radius 3 is 2.78 bits per heavy atom. The summed E-state index contributed by atoms with van der Waals surface area (Å²) in [5, 5.41) is 9.15. The van der Waals surface area contributed by atoms with Gasteiger partial charge in [-0.1, -0.05) is 0 Å². The lowest BCUT2D eigenvalue weighted by molar-refractivity contribution is -0.143. The van der Waals surface area contributed by atoms with Gasteiger partial charge in [0.2, 0.25) is 0 Å². The first-order chi connectivity index (χ1) is 11.0. The number of carboxylic acid groups (broad SMARTS) is 1. The van der Waals surface area contributed by atoms with Crippen LogP contribution in [0.4, 0.5) is 0 Å². The van der Waals surface area contributed by atoms with Crippen LogP contribution in [0.3, 0.4) is 0 Å². The third-order valence-corrected chi connectivity index (χ3v) is 4.41. The Kier molecular flexibility index (Phi) is 5.87. The minimum Gasteiger partial charge on any atom is -0.493 e. The van der Waals surface area contributed by atoms with E-state index in [1.165, 1.54) is 7.11 Å². The summed E-state index contributed by atoms with van der Waals surface area (Å²) in [7, 11) is 1.51. The van der Waals surface area contributed by atoms with Crippen molar-refractivity contribution in [1.82, 2.24) is 4.90 Å². The zero-order valence-corrected chi connectivity index (χ0v) is 14.8. The maximum absolute atomic E-state index is 12.7. The van der Waals surface area contributed by atoms with Crippen LogP contribution in [0.1, 0.15) is 30.1 Å². The zero-order chi connectivity index (χ0) is 17.0. The Hall–Kier alpha value is -1.76. The normalized spacial score (nSPS) is 17.7. The third kappa shape index (κ3) is 3.96. The number of nitrogens with zero attached hydrogens (tertiary/aromatic N) is 1. The van der Waals surface area contributed by atoms with Crippen LogP contribution in [-0.2, 0) is 4.79 Å². The molecule has 1 unspecified atom stereocenters. The second kappa shape index (κ2) is 7.68. The summed E-state index contributed by atoms with van der Waals surface area (Å²) in [4.78, 5) is 25.4. The van der Waals surface area contributed by atoms with Crippen molar-refractivity contribution >= 4 is 27.8 Å². The van der Waals surface area contributed by atoms with Crippen molar-refractivity contribution in [3.05, 3.63) is 22.2 Å². The molecule has 0 aliphatic carbocycles. The smallest absolute Gasteiger partial charge is 0.308 e. The molecular weight excluding hydrogens is 366 g/mol. The summed E-state index contributed by atoms with van der Waals surface area (Å²) in [5.74, 6) is -0.531. The average molecular weight is 386 g/mol. The van der Waals surface area contributed by atoms with E-state index >= 15 is 0 Å². The van der Waals surface area contributed by atoms with Gasteiger partial charge in [0, 0.05) is 18.7 Å². The fourth-order valence-electron chi connectivity index (χ4n) is 2.67. The molecule has 1 aliphatic heterocycles. The molecule has 7 heteroatoms. The van der Waals surface area contributed by atoms with Gasteiger partial charge >= 0.3 is 5.97 Å². The van der Waals surface area contributed by atoms with E-state index in [9.17, 15) is 9.59 Å². The average Bonchev–Trinajstić information content (AvgIpc) is 2.56. The zero-order valence-electron chi connectivity index (χ0n) is 13.2. The van der Waals surface area contributed by atoms with Crippen LogP contribution in [0.25, 0.3) is 0 Å². The number of ether oxygens (including phenoxy) is 2. The van der Waals surface area contributed by atoms with Crippen LogP contribution in [0, 0.1) is 5.92 Å². The number of carboxylic acids is 1. The second-order valence-electron chi connectivity index (χ2n) is 5.35. The molecular formula is C16H20BrNO5. The Morgan fingerprint density at radius 1 is 1.43 bits per heavy atom. The molecule has 23 heavy (non-hydrogen) atoms. The van der Waals surface area contributed by atoms with E-state index in [0.717, 1.165) is 0 Å². The van der Waals surface area contributed by atoms with Crippen molar-refractivity contribution in [2.24, 2.45) is 5.92 Å². The van der Waals surface area contributed by atoms with Gasteiger partial charge in [-0.25, -0.2) is 0 Å². The van der Waals surface area contributed by atoms with Gasteiger partial charge in [0.1, 0.15) is 0 Å². The molecule has 126 valence electrons. The quantitative estimate of drug-likeness (QED) is 0.842. The van der Waals surface area contributed by atoms with Crippen molar-refractivity contribution in [3.8, 4) is 11.5 Å². The molecule has 0 aromatic heterocycles. The SMILES string of the molecule is CCOc1c(Br)cc(C(=O)N2CCCC(C(=O)O)C2)cc1OC. The molecule has 1 fully saturated rings. The number of piperidine rings is 1. The van der Waals surface area contributed by atoms with E-state index in [-0.39, 0.29) is 12.5 Å². The van der Waals surface area contributed by atoms with Crippen LogP contribution in [0.5, 0.6) is 11.5 Å². The summed E-state index contributed by atoms with van der Waals surface area (Å²) in [5.41, 5.74) is 0.447. The third-order valence-electron chi connectivity index (χ3n) is 3.82. The summed E-state index contributed by atoms with van der Waals surface area (Å²) < 4.78 is 11.4. The van der Waals surface area contributed by atoms with Crippen molar-refractivity contribution in [2.75, 3.05) is 26.8 Å². The molecule has 0 bridgehead atoms. The maximum Gasteiger partial charge on any atom is 0.308 e. The van der Waals surface area contributed by atoms with Gasteiger partial charge in [-0.2, -0.15) is 0 Å². The molecule has 0 radical (unpaired) electrons. The van der Waals surface area contributed by atoms with Crippen LogP contribution in [0.2, 0.25) is 0 Å². The molecule has 1 saturated heterocycles. The summed E-state index contributed by atoms with van der Waals surface area (Å²) in [6, 6.07) is 3.31. The molecule has 1 aromatic carbocycles. The lowest BCUT2D eigenvalue weighted by atomic mass is 9.97. The summed E-state index contributed by atoms with van der Waals surface area (Å²) >= 11 is 3.40. The number of hydrogen-bond donors (Lipinski definition) is 1. The van der Waals surface area contributed by atoms with Gasteiger partial charge in [0.25, 0.3) is 5.91 Å². The number of amides is 1. The van der Waals surface area contributed by atoms with Crippen LogP contribution < -0.4 is 9.47 Å². The maximum atomic E-state index is 12.7. The largest absolute Gasteiger partial charge is 0.493 e. The second-order valence-corrected chi connectivity index (χ2v) is 6.21. The van der Waals surface area contributed by atoms with Gasteiger partial charge in [-0.15, -0.1) is 0 Å². The highest BCUT2D eigenvalue weighted by Crippen LogP contribution is 2.37. The molecule has 1 amide bonds. The number of hydrogen-bond acceptors (Lipinski definition) is 4.